The van der Waals surface area contributed by atoms with Crippen LogP contribution in [0.15, 0.2) is 24.3 Å². The maximum absolute atomic E-state index is 5.87. The third kappa shape index (κ3) is 3.72. The van der Waals surface area contributed by atoms with E-state index in [1.54, 1.807) is 7.11 Å². The van der Waals surface area contributed by atoms with Gasteiger partial charge in [0.15, 0.2) is 0 Å². The minimum atomic E-state index is 0.168. The van der Waals surface area contributed by atoms with E-state index in [0.29, 0.717) is 0 Å². The van der Waals surface area contributed by atoms with E-state index in [1.807, 2.05) is 32.2 Å². The predicted molar refractivity (Wildman–Crippen MR) is 75.1 cm³/mol. The van der Waals surface area contributed by atoms with Crippen LogP contribution in [0.1, 0.15) is 38.3 Å². The third-order valence-corrected chi connectivity index (χ3v) is 3.11. The molecule has 0 amide bonds. The van der Waals surface area contributed by atoms with Gasteiger partial charge < -0.3 is 14.8 Å². The number of ether oxygens (including phenoxy) is 2. The summed E-state index contributed by atoms with van der Waals surface area (Å²) in [7, 11) is 3.68. The molecule has 102 valence electrons. The van der Waals surface area contributed by atoms with Crippen LogP contribution in [-0.2, 0) is 4.74 Å². The Morgan fingerprint density at radius 2 is 1.94 bits per heavy atom. The molecule has 2 atom stereocenters. The van der Waals surface area contributed by atoms with Crippen LogP contribution in [0.25, 0.3) is 0 Å². The lowest BCUT2D eigenvalue weighted by atomic mass is 9.97. The van der Waals surface area contributed by atoms with Crippen molar-refractivity contribution in [2.75, 3.05) is 20.8 Å². The first kappa shape index (κ1) is 15.0. The first-order valence-electron chi connectivity index (χ1n) is 6.70. The zero-order valence-electron chi connectivity index (χ0n) is 11.9. The summed E-state index contributed by atoms with van der Waals surface area (Å²) in [6.45, 7) is 4.95. The molecule has 0 saturated heterocycles. The maximum atomic E-state index is 5.87. The molecular weight excluding hydrogens is 226 g/mol. The largest absolute Gasteiger partial charge is 0.496 e. The van der Waals surface area contributed by atoms with Gasteiger partial charge in [-0.1, -0.05) is 31.5 Å². The van der Waals surface area contributed by atoms with Gasteiger partial charge in [0.05, 0.1) is 19.3 Å². The standard InChI is InChI=1S/C15H25NO2/c1-5-9-14(18-6-2)15(16-3)12-10-7-8-11-13(12)17-4/h7-8,10-11,14-16H,5-6,9H2,1-4H3. The first-order valence-corrected chi connectivity index (χ1v) is 6.70. The fourth-order valence-corrected chi connectivity index (χ4v) is 2.31. The molecule has 1 aromatic rings. The van der Waals surface area contributed by atoms with Gasteiger partial charge in [-0.2, -0.15) is 0 Å². The van der Waals surface area contributed by atoms with E-state index < -0.39 is 0 Å². The molecule has 0 radical (unpaired) electrons. The number of benzene rings is 1. The highest BCUT2D eigenvalue weighted by molar-refractivity contribution is 5.36. The van der Waals surface area contributed by atoms with E-state index in [9.17, 15) is 0 Å². The Labute approximate surface area is 110 Å². The minimum Gasteiger partial charge on any atom is -0.496 e. The molecule has 0 spiro atoms. The van der Waals surface area contributed by atoms with E-state index in [1.165, 1.54) is 0 Å². The molecule has 18 heavy (non-hydrogen) atoms. The molecule has 3 nitrogen and oxygen atoms in total. The van der Waals surface area contributed by atoms with Gasteiger partial charge in [-0.15, -0.1) is 0 Å². The van der Waals surface area contributed by atoms with E-state index >= 15 is 0 Å². The fourth-order valence-electron chi connectivity index (χ4n) is 2.31. The van der Waals surface area contributed by atoms with Crippen LogP contribution in [0.3, 0.4) is 0 Å². The summed E-state index contributed by atoms with van der Waals surface area (Å²) in [5.41, 5.74) is 1.16. The quantitative estimate of drug-likeness (QED) is 0.770. The second kappa shape index (κ2) is 8.11. The molecule has 0 saturated carbocycles. The van der Waals surface area contributed by atoms with Crippen molar-refractivity contribution in [3.63, 3.8) is 0 Å². The van der Waals surface area contributed by atoms with Crippen molar-refractivity contribution >= 4 is 0 Å². The Morgan fingerprint density at radius 3 is 2.50 bits per heavy atom. The number of nitrogens with one attached hydrogen (secondary N) is 1. The van der Waals surface area contributed by atoms with Crippen LogP contribution < -0.4 is 10.1 Å². The SMILES string of the molecule is CCCC(OCC)C(NC)c1ccccc1OC. The lowest BCUT2D eigenvalue weighted by Gasteiger charge is -2.28. The molecule has 3 heteroatoms. The van der Waals surface area contributed by atoms with Gasteiger partial charge in [0.25, 0.3) is 0 Å². The molecule has 2 unspecified atom stereocenters. The summed E-state index contributed by atoms with van der Waals surface area (Å²) >= 11 is 0. The first-order chi connectivity index (χ1) is 8.78. The van der Waals surface area contributed by atoms with Crippen molar-refractivity contribution in [1.29, 1.82) is 0 Å². The minimum absolute atomic E-state index is 0.168. The number of likely N-dealkylation sites (N-methyl/N-ethyl adjacent to an activating group) is 1. The van der Waals surface area contributed by atoms with Crippen molar-refractivity contribution in [2.45, 2.75) is 38.8 Å². The highest BCUT2D eigenvalue weighted by atomic mass is 16.5. The summed E-state index contributed by atoms with van der Waals surface area (Å²) < 4.78 is 11.3. The maximum Gasteiger partial charge on any atom is 0.123 e. The molecule has 0 aliphatic carbocycles. The lowest BCUT2D eigenvalue weighted by molar-refractivity contribution is 0.0290. The van der Waals surface area contributed by atoms with Crippen molar-refractivity contribution in [2.24, 2.45) is 0 Å². The molecule has 0 aliphatic heterocycles. The third-order valence-electron chi connectivity index (χ3n) is 3.11. The molecule has 0 aliphatic rings. The van der Waals surface area contributed by atoms with Crippen molar-refractivity contribution in [3.05, 3.63) is 29.8 Å². The number of rotatable bonds is 8. The number of hydrogen-bond acceptors (Lipinski definition) is 3. The molecule has 1 N–H and O–H groups in total. The van der Waals surface area contributed by atoms with Gasteiger partial charge >= 0.3 is 0 Å². The Balaban J connectivity index is 2.98. The smallest absolute Gasteiger partial charge is 0.123 e. The summed E-state index contributed by atoms with van der Waals surface area (Å²) in [6.07, 6.45) is 2.33. The zero-order valence-corrected chi connectivity index (χ0v) is 11.9. The summed E-state index contributed by atoms with van der Waals surface area (Å²) in [6, 6.07) is 8.29. The highest BCUT2D eigenvalue weighted by Crippen LogP contribution is 2.29. The molecular formula is C15H25NO2. The fraction of sp³-hybridized carbons (Fsp3) is 0.600. The van der Waals surface area contributed by atoms with Crippen LogP contribution in [0.4, 0.5) is 0 Å². The van der Waals surface area contributed by atoms with Gasteiger partial charge in [-0.25, -0.2) is 0 Å². The topological polar surface area (TPSA) is 30.5 Å². The van der Waals surface area contributed by atoms with Crippen LogP contribution in [0.2, 0.25) is 0 Å². The second-order valence-electron chi connectivity index (χ2n) is 4.29. The number of methoxy groups -OCH3 is 1. The summed E-state index contributed by atoms with van der Waals surface area (Å²) in [5.74, 6) is 0.914. The molecule has 1 rings (SSSR count). The molecule has 1 aromatic carbocycles. The van der Waals surface area contributed by atoms with E-state index in [2.05, 4.69) is 18.3 Å². The van der Waals surface area contributed by atoms with Crippen LogP contribution in [-0.4, -0.2) is 26.9 Å². The Morgan fingerprint density at radius 1 is 1.22 bits per heavy atom. The normalized spacial score (nSPS) is 14.2. The van der Waals surface area contributed by atoms with Crippen LogP contribution in [0, 0.1) is 0 Å². The Kier molecular flexibility index (Phi) is 6.76. The second-order valence-corrected chi connectivity index (χ2v) is 4.29. The van der Waals surface area contributed by atoms with Gasteiger partial charge in [-0.3, -0.25) is 0 Å². The average Bonchev–Trinajstić information content (AvgIpc) is 2.40. The molecule has 0 aromatic heterocycles. The van der Waals surface area contributed by atoms with Crippen molar-refractivity contribution < 1.29 is 9.47 Å². The average molecular weight is 251 g/mol. The summed E-state index contributed by atoms with van der Waals surface area (Å²) in [5, 5.41) is 3.36. The predicted octanol–water partition coefficient (Wildman–Crippen LogP) is 3.16. The van der Waals surface area contributed by atoms with Crippen LogP contribution >= 0.6 is 0 Å². The highest BCUT2D eigenvalue weighted by Gasteiger charge is 2.23. The van der Waals surface area contributed by atoms with Crippen LogP contribution in [0.5, 0.6) is 5.75 Å². The lowest BCUT2D eigenvalue weighted by Crippen LogP contribution is -2.32. The van der Waals surface area contributed by atoms with Gasteiger partial charge in [0, 0.05) is 12.2 Å². The van der Waals surface area contributed by atoms with Gasteiger partial charge in [0.2, 0.25) is 0 Å². The van der Waals surface area contributed by atoms with Crippen molar-refractivity contribution in [1.82, 2.24) is 5.32 Å². The van der Waals surface area contributed by atoms with Crippen molar-refractivity contribution in [3.8, 4) is 5.75 Å². The monoisotopic (exact) mass is 251 g/mol. The molecule has 0 bridgehead atoms. The Hall–Kier alpha value is -1.06. The zero-order chi connectivity index (χ0) is 13.4. The summed E-state index contributed by atoms with van der Waals surface area (Å²) in [4.78, 5) is 0. The molecule has 0 fully saturated rings. The van der Waals surface area contributed by atoms with E-state index in [4.69, 9.17) is 9.47 Å². The number of para-hydroxylation sites is 1. The van der Waals surface area contributed by atoms with E-state index in [0.717, 1.165) is 30.8 Å². The number of hydrogen-bond donors (Lipinski definition) is 1. The Bertz CT molecular complexity index is 335. The van der Waals surface area contributed by atoms with Gasteiger partial charge in [0.1, 0.15) is 5.75 Å². The van der Waals surface area contributed by atoms with E-state index in [-0.39, 0.29) is 12.1 Å². The molecule has 0 heterocycles. The van der Waals surface area contributed by atoms with Gasteiger partial charge in [-0.05, 0) is 26.5 Å².